The first kappa shape index (κ1) is 26.7. The summed E-state index contributed by atoms with van der Waals surface area (Å²) in [7, 11) is 1.72. The smallest absolute Gasteiger partial charge is 0.410 e. The first-order valence-electron chi connectivity index (χ1n) is 12.6. The summed E-state index contributed by atoms with van der Waals surface area (Å²) < 4.78 is 5.62. The van der Waals surface area contributed by atoms with E-state index in [0.29, 0.717) is 37.6 Å². The Balaban J connectivity index is 1.53. The van der Waals surface area contributed by atoms with Crippen molar-refractivity contribution in [3.8, 4) is 6.07 Å². The van der Waals surface area contributed by atoms with Gasteiger partial charge >= 0.3 is 6.09 Å². The van der Waals surface area contributed by atoms with E-state index in [1.165, 1.54) is 0 Å². The minimum atomic E-state index is -0.628. The Hall–Kier alpha value is -3.31. The van der Waals surface area contributed by atoms with Crippen LogP contribution in [0.25, 0.3) is 0 Å². The number of piperidine rings is 1. The number of rotatable bonds is 4. The molecule has 4 rings (SSSR count). The quantitative estimate of drug-likeness (QED) is 0.583. The van der Waals surface area contributed by atoms with Crippen molar-refractivity contribution in [3.05, 3.63) is 59.2 Å². The number of carbonyl (C=O) groups is 2. The van der Waals surface area contributed by atoms with Gasteiger partial charge in [-0.2, -0.15) is 5.26 Å². The Morgan fingerprint density at radius 3 is 2.49 bits per heavy atom. The zero-order chi connectivity index (χ0) is 26.7. The molecule has 37 heavy (non-hydrogen) atoms. The average molecular weight is 524 g/mol. The van der Waals surface area contributed by atoms with E-state index in [4.69, 9.17) is 16.3 Å². The highest BCUT2D eigenvalue weighted by Crippen LogP contribution is 2.35. The summed E-state index contributed by atoms with van der Waals surface area (Å²) in [6, 6.07) is 15.3. The summed E-state index contributed by atoms with van der Waals surface area (Å²) in [4.78, 5) is 36.6. The number of halogens is 1. The topological polar surface area (TPSA) is 89.8 Å². The SMILES string of the molecule is CN(C(=O)OC(C)(C)C)[C@@H]1CN(C(=O)C2CCN(c3ccccn3)CC2C#N)C[C@H]1c1ccc(Cl)cc1. The Morgan fingerprint density at radius 1 is 1.14 bits per heavy atom. The molecule has 0 bridgehead atoms. The van der Waals surface area contributed by atoms with E-state index < -0.39 is 23.5 Å². The van der Waals surface area contributed by atoms with Crippen LogP contribution in [0.2, 0.25) is 5.02 Å². The molecule has 1 aromatic carbocycles. The van der Waals surface area contributed by atoms with E-state index in [1.807, 2.05) is 68.1 Å². The first-order chi connectivity index (χ1) is 17.6. The van der Waals surface area contributed by atoms with E-state index in [-0.39, 0.29) is 17.9 Å². The van der Waals surface area contributed by atoms with Gasteiger partial charge in [-0.25, -0.2) is 9.78 Å². The van der Waals surface area contributed by atoms with Crippen molar-refractivity contribution < 1.29 is 14.3 Å². The van der Waals surface area contributed by atoms with Crippen molar-refractivity contribution in [1.29, 1.82) is 5.26 Å². The molecule has 2 aliphatic heterocycles. The number of likely N-dealkylation sites (N-methyl/N-ethyl adjacent to an activating group) is 1. The lowest BCUT2D eigenvalue weighted by atomic mass is 9.85. The Kier molecular flexibility index (Phi) is 7.93. The highest BCUT2D eigenvalue weighted by molar-refractivity contribution is 6.30. The van der Waals surface area contributed by atoms with Crippen LogP contribution in [0.3, 0.4) is 0 Å². The number of hydrogen-bond donors (Lipinski definition) is 0. The molecule has 2 aliphatic rings. The lowest BCUT2D eigenvalue weighted by Gasteiger charge is -2.37. The normalized spacial score (nSPS) is 23.9. The van der Waals surface area contributed by atoms with Gasteiger partial charge in [0.25, 0.3) is 0 Å². The fraction of sp³-hybridized carbons (Fsp3) is 0.500. The highest BCUT2D eigenvalue weighted by atomic mass is 35.5. The van der Waals surface area contributed by atoms with E-state index in [1.54, 1.807) is 18.1 Å². The number of nitrogens with zero attached hydrogens (tertiary/aromatic N) is 5. The minimum Gasteiger partial charge on any atom is -0.444 e. The summed E-state index contributed by atoms with van der Waals surface area (Å²) in [5.74, 6) is -0.169. The van der Waals surface area contributed by atoms with Gasteiger partial charge in [-0.1, -0.05) is 29.8 Å². The van der Waals surface area contributed by atoms with Gasteiger partial charge in [0.1, 0.15) is 11.4 Å². The number of anilines is 1. The molecule has 9 heteroatoms. The molecule has 3 heterocycles. The van der Waals surface area contributed by atoms with Crippen LogP contribution < -0.4 is 4.90 Å². The Morgan fingerprint density at radius 2 is 1.86 bits per heavy atom. The van der Waals surface area contributed by atoms with Crippen molar-refractivity contribution in [3.63, 3.8) is 0 Å². The number of amides is 2. The van der Waals surface area contributed by atoms with Crippen LogP contribution >= 0.6 is 11.6 Å². The standard InChI is InChI=1S/C28H34ClN5O3/c1-28(2,3)37-27(36)32(4)24-18-34(17-23(24)19-8-10-21(29)11-9-19)26(35)22-12-14-33(16-20(22)15-30)25-7-5-6-13-31-25/h5-11,13,20,22-24H,12,14,16-18H2,1-4H3/t20?,22?,23-,24+/m0/s1. The zero-order valence-corrected chi connectivity index (χ0v) is 22.6. The summed E-state index contributed by atoms with van der Waals surface area (Å²) in [5, 5.41) is 10.6. The van der Waals surface area contributed by atoms with Gasteiger partial charge in [-0.3, -0.25) is 4.79 Å². The van der Waals surface area contributed by atoms with E-state index in [0.717, 1.165) is 11.4 Å². The zero-order valence-electron chi connectivity index (χ0n) is 21.8. The monoisotopic (exact) mass is 523 g/mol. The highest BCUT2D eigenvalue weighted by Gasteiger charge is 2.44. The van der Waals surface area contributed by atoms with Crippen molar-refractivity contribution in [2.75, 3.05) is 38.1 Å². The molecule has 4 atom stereocenters. The van der Waals surface area contributed by atoms with E-state index in [9.17, 15) is 14.9 Å². The summed E-state index contributed by atoms with van der Waals surface area (Å²) in [5.41, 5.74) is 0.374. The molecule has 0 saturated carbocycles. The lowest BCUT2D eigenvalue weighted by Crippen LogP contribution is -2.48. The fourth-order valence-corrected chi connectivity index (χ4v) is 5.35. The van der Waals surface area contributed by atoms with Gasteiger partial charge in [-0.05, 0) is 57.0 Å². The number of hydrogen-bond acceptors (Lipinski definition) is 6. The molecule has 1 aromatic heterocycles. The van der Waals surface area contributed by atoms with E-state index >= 15 is 0 Å². The number of ether oxygens (including phenoxy) is 1. The van der Waals surface area contributed by atoms with Crippen LogP contribution in [0, 0.1) is 23.2 Å². The number of aromatic nitrogens is 1. The van der Waals surface area contributed by atoms with Crippen LogP contribution in [-0.4, -0.2) is 71.7 Å². The molecule has 0 radical (unpaired) electrons. The average Bonchev–Trinajstić information content (AvgIpc) is 3.32. The molecule has 2 aromatic rings. The Bertz CT molecular complexity index is 1150. The van der Waals surface area contributed by atoms with Gasteiger partial charge in [0.05, 0.1) is 23.9 Å². The minimum absolute atomic E-state index is 0.0359. The number of benzene rings is 1. The predicted molar refractivity (Wildman–Crippen MR) is 142 cm³/mol. The van der Waals surface area contributed by atoms with Crippen molar-refractivity contribution in [2.24, 2.45) is 11.8 Å². The summed E-state index contributed by atoms with van der Waals surface area (Å²) in [6.07, 6.45) is 1.88. The molecule has 2 saturated heterocycles. The van der Waals surface area contributed by atoms with Gasteiger partial charge < -0.3 is 19.4 Å². The van der Waals surface area contributed by atoms with Gasteiger partial charge in [0.15, 0.2) is 0 Å². The second kappa shape index (κ2) is 11.0. The van der Waals surface area contributed by atoms with Crippen LogP contribution in [0.4, 0.5) is 10.6 Å². The summed E-state index contributed by atoms with van der Waals surface area (Å²) in [6.45, 7) is 7.44. The third kappa shape index (κ3) is 6.16. The van der Waals surface area contributed by atoms with Crippen molar-refractivity contribution in [1.82, 2.24) is 14.8 Å². The molecular formula is C28H34ClN5O3. The predicted octanol–water partition coefficient (Wildman–Crippen LogP) is 4.56. The molecule has 0 spiro atoms. The van der Waals surface area contributed by atoms with Gasteiger partial charge in [0.2, 0.25) is 5.91 Å². The fourth-order valence-electron chi connectivity index (χ4n) is 5.23. The second-order valence-electron chi connectivity index (χ2n) is 10.8. The molecule has 8 nitrogen and oxygen atoms in total. The van der Waals surface area contributed by atoms with E-state index in [2.05, 4.69) is 16.0 Å². The first-order valence-corrected chi connectivity index (χ1v) is 13.0. The molecular weight excluding hydrogens is 490 g/mol. The van der Waals surface area contributed by atoms with Gasteiger partial charge in [0, 0.05) is 50.4 Å². The molecule has 0 N–H and O–H groups in total. The maximum absolute atomic E-state index is 13.8. The summed E-state index contributed by atoms with van der Waals surface area (Å²) >= 11 is 6.12. The second-order valence-corrected chi connectivity index (χ2v) is 11.3. The van der Waals surface area contributed by atoms with Crippen LogP contribution in [0.5, 0.6) is 0 Å². The van der Waals surface area contributed by atoms with Crippen LogP contribution in [-0.2, 0) is 9.53 Å². The van der Waals surface area contributed by atoms with Crippen molar-refractivity contribution in [2.45, 2.75) is 44.8 Å². The molecule has 2 amide bonds. The molecule has 2 unspecified atom stereocenters. The van der Waals surface area contributed by atoms with Crippen LogP contribution in [0.15, 0.2) is 48.7 Å². The molecule has 0 aliphatic carbocycles. The Labute approximate surface area is 223 Å². The number of nitriles is 1. The maximum Gasteiger partial charge on any atom is 0.410 e. The largest absolute Gasteiger partial charge is 0.444 e. The molecule has 196 valence electrons. The van der Waals surface area contributed by atoms with Crippen LogP contribution in [0.1, 0.15) is 38.7 Å². The number of likely N-dealkylation sites (tertiary alicyclic amines) is 1. The van der Waals surface area contributed by atoms with Gasteiger partial charge in [-0.15, -0.1) is 0 Å². The molecule has 2 fully saturated rings. The lowest BCUT2D eigenvalue weighted by molar-refractivity contribution is -0.136. The maximum atomic E-state index is 13.8. The van der Waals surface area contributed by atoms with Crippen molar-refractivity contribution >= 4 is 29.4 Å². The number of pyridine rings is 1. The third-order valence-corrected chi connectivity index (χ3v) is 7.40. The number of carbonyl (C=O) groups excluding carboxylic acids is 2. The third-order valence-electron chi connectivity index (χ3n) is 7.15.